The fourth-order valence-electron chi connectivity index (χ4n) is 2.14. The number of nitrogens with two attached hydrogens (primary N) is 1. The molecule has 1 aromatic carbocycles. The molecule has 23 heavy (non-hydrogen) atoms. The molecule has 2 aromatic rings. The third kappa shape index (κ3) is 3.76. The van der Waals surface area contributed by atoms with Crippen molar-refractivity contribution in [2.24, 2.45) is 5.73 Å². The van der Waals surface area contributed by atoms with Gasteiger partial charge in [-0.1, -0.05) is 42.1 Å². The Morgan fingerprint density at radius 2 is 1.96 bits per heavy atom. The molecular weight excluding hydrogens is 310 g/mol. The van der Waals surface area contributed by atoms with Crippen LogP contribution in [0.5, 0.6) is 0 Å². The molecular formula is C17H15N3O2S. The number of nitriles is 1. The number of hydrogen-bond acceptors (Lipinski definition) is 5. The van der Waals surface area contributed by atoms with Crippen LogP contribution in [0.25, 0.3) is 0 Å². The molecule has 5 nitrogen and oxygen atoms in total. The number of aryl methyl sites for hydroxylation is 1. The highest BCUT2D eigenvalue weighted by molar-refractivity contribution is 8.00. The Morgan fingerprint density at radius 3 is 2.48 bits per heavy atom. The first-order valence-corrected chi connectivity index (χ1v) is 7.75. The van der Waals surface area contributed by atoms with E-state index in [1.807, 2.05) is 24.3 Å². The summed E-state index contributed by atoms with van der Waals surface area (Å²) < 4.78 is 0. The molecule has 0 saturated heterocycles. The largest absolute Gasteiger partial charge is 0.368 e. The molecule has 0 radical (unpaired) electrons. The molecule has 1 atom stereocenters. The van der Waals surface area contributed by atoms with Crippen LogP contribution in [-0.4, -0.2) is 16.7 Å². The van der Waals surface area contributed by atoms with Gasteiger partial charge in [0.1, 0.15) is 16.3 Å². The van der Waals surface area contributed by atoms with Crippen molar-refractivity contribution in [3.05, 3.63) is 58.8 Å². The maximum Gasteiger partial charge on any atom is 0.235 e. The van der Waals surface area contributed by atoms with Crippen LogP contribution >= 0.6 is 11.8 Å². The van der Waals surface area contributed by atoms with E-state index >= 15 is 0 Å². The first-order valence-electron chi connectivity index (χ1n) is 6.87. The van der Waals surface area contributed by atoms with E-state index < -0.39 is 11.2 Å². The van der Waals surface area contributed by atoms with Gasteiger partial charge in [0.2, 0.25) is 5.91 Å². The number of pyridine rings is 1. The summed E-state index contributed by atoms with van der Waals surface area (Å²) in [6.45, 7) is 3.12. The van der Waals surface area contributed by atoms with E-state index in [1.165, 1.54) is 13.0 Å². The number of Topliss-reactive ketones (excluding diaryl/α,β-unsaturated/α-hetero) is 1. The van der Waals surface area contributed by atoms with E-state index in [2.05, 4.69) is 4.98 Å². The minimum absolute atomic E-state index is 0.155. The van der Waals surface area contributed by atoms with Crippen molar-refractivity contribution in [2.45, 2.75) is 24.1 Å². The number of nitrogens with zero attached hydrogens (tertiary/aromatic N) is 2. The van der Waals surface area contributed by atoms with Crippen LogP contribution in [0.1, 0.15) is 39.4 Å². The summed E-state index contributed by atoms with van der Waals surface area (Å²) in [6, 6.07) is 12.6. The normalized spacial score (nSPS) is 11.5. The number of aromatic nitrogens is 1. The average molecular weight is 325 g/mol. The van der Waals surface area contributed by atoms with Gasteiger partial charge in [-0.15, -0.1) is 0 Å². The molecule has 0 aliphatic heterocycles. The third-order valence-electron chi connectivity index (χ3n) is 3.27. The minimum atomic E-state index is -0.654. The quantitative estimate of drug-likeness (QED) is 0.673. The lowest BCUT2D eigenvalue weighted by Gasteiger charge is -2.14. The number of amides is 1. The van der Waals surface area contributed by atoms with Crippen LogP contribution in [-0.2, 0) is 4.79 Å². The van der Waals surface area contributed by atoms with Gasteiger partial charge in [-0.2, -0.15) is 5.26 Å². The van der Waals surface area contributed by atoms with Crippen LogP contribution in [0.15, 0.2) is 41.4 Å². The maximum atomic E-state index is 11.8. The van der Waals surface area contributed by atoms with E-state index in [0.29, 0.717) is 16.3 Å². The highest BCUT2D eigenvalue weighted by Crippen LogP contribution is 2.36. The van der Waals surface area contributed by atoms with Crippen molar-refractivity contribution in [3.8, 4) is 6.07 Å². The molecule has 0 spiro atoms. The Labute approximate surface area is 138 Å². The number of thioether (sulfide) groups is 1. The molecule has 1 heterocycles. The Bertz CT molecular complexity index is 797. The van der Waals surface area contributed by atoms with Crippen LogP contribution in [0.4, 0.5) is 0 Å². The lowest BCUT2D eigenvalue weighted by atomic mass is 10.1. The number of carbonyl (C=O) groups excluding carboxylic acids is 2. The van der Waals surface area contributed by atoms with Gasteiger partial charge in [0, 0.05) is 11.3 Å². The number of carbonyl (C=O) groups is 2. The van der Waals surface area contributed by atoms with E-state index in [4.69, 9.17) is 5.73 Å². The van der Waals surface area contributed by atoms with E-state index in [0.717, 1.165) is 17.3 Å². The van der Waals surface area contributed by atoms with Crippen molar-refractivity contribution >= 4 is 23.5 Å². The van der Waals surface area contributed by atoms with Gasteiger partial charge in [-0.25, -0.2) is 4.98 Å². The predicted octanol–water partition coefficient (Wildman–Crippen LogP) is 2.78. The zero-order valence-electron chi connectivity index (χ0n) is 12.7. The smallest absolute Gasteiger partial charge is 0.235 e. The lowest BCUT2D eigenvalue weighted by Crippen LogP contribution is -2.19. The number of hydrogen-bond donors (Lipinski definition) is 1. The molecule has 0 fully saturated rings. The summed E-state index contributed by atoms with van der Waals surface area (Å²) in [5, 5.41) is 9.04. The van der Waals surface area contributed by atoms with Gasteiger partial charge >= 0.3 is 0 Å². The SMILES string of the molecule is CC(=O)c1cc(C#N)c(SC(C(N)=O)c2ccccc2)nc1C. The van der Waals surface area contributed by atoms with Crippen LogP contribution in [0.2, 0.25) is 0 Å². The molecule has 1 amide bonds. The minimum Gasteiger partial charge on any atom is -0.368 e. The Morgan fingerprint density at radius 1 is 1.30 bits per heavy atom. The van der Waals surface area contributed by atoms with Gasteiger partial charge in [-0.05, 0) is 25.5 Å². The molecule has 1 unspecified atom stereocenters. The average Bonchev–Trinajstić information content (AvgIpc) is 2.52. The van der Waals surface area contributed by atoms with Gasteiger partial charge in [-0.3, -0.25) is 9.59 Å². The number of rotatable bonds is 5. The van der Waals surface area contributed by atoms with E-state index in [9.17, 15) is 14.9 Å². The Balaban J connectivity index is 2.45. The van der Waals surface area contributed by atoms with Gasteiger partial charge in [0.15, 0.2) is 5.78 Å². The second kappa shape index (κ2) is 7.07. The van der Waals surface area contributed by atoms with E-state index in [-0.39, 0.29) is 11.3 Å². The number of benzene rings is 1. The summed E-state index contributed by atoms with van der Waals surface area (Å²) in [4.78, 5) is 27.7. The fraction of sp³-hybridized carbons (Fsp3) is 0.176. The molecule has 6 heteroatoms. The van der Waals surface area contributed by atoms with E-state index in [1.54, 1.807) is 19.1 Å². The monoisotopic (exact) mass is 325 g/mol. The standard InChI is InChI=1S/C17H15N3O2S/c1-10-14(11(2)21)8-13(9-18)17(20-10)23-15(16(19)22)12-6-4-3-5-7-12/h3-8,15H,1-2H3,(H2,19,22). The molecule has 0 aliphatic rings. The van der Waals surface area contributed by atoms with Crippen molar-refractivity contribution in [2.75, 3.05) is 0 Å². The highest BCUT2D eigenvalue weighted by Gasteiger charge is 2.22. The first kappa shape index (κ1) is 16.7. The molecule has 2 rings (SSSR count). The molecule has 2 N–H and O–H groups in total. The van der Waals surface area contributed by atoms with Crippen LogP contribution in [0.3, 0.4) is 0 Å². The number of primary amides is 1. The fourth-order valence-corrected chi connectivity index (χ4v) is 3.19. The van der Waals surface area contributed by atoms with Gasteiger partial charge in [0.05, 0.1) is 5.56 Å². The summed E-state index contributed by atoms with van der Waals surface area (Å²) >= 11 is 1.12. The topological polar surface area (TPSA) is 96.8 Å². The number of ketones is 1. The molecule has 0 bridgehead atoms. The lowest BCUT2D eigenvalue weighted by molar-refractivity contribution is -0.117. The summed E-state index contributed by atoms with van der Waals surface area (Å²) in [7, 11) is 0. The van der Waals surface area contributed by atoms with Gasteiger partial charge < -0.3 is 5.73 Å². The summed E-state index contributed by atoms with van der Waals surface area (Å²) in [5.41, 5.74) is 7.42. The van der Waals surface area contributed by atoms with Crippen LogP contribution < -0.4 is 5.73 Å². The maximum absolute atomic E-state index is 11.8. The Kier molecular flexibility index (Phi) is 5.14. The molecule has 116 valence electrons. The van der Waals surface area contributed by atoms with Crippen molar-refractivity contribution in [3.63, 3.8) is 0 Å². The predicted molar refractivity (Wildman–Crippen MR) is 87.9 cm³/mol. The van der Waals surface area contributed by atoms with Gasteiger partial charge in [0.25, 0.3) is 0 Å². The van der Waals surface area contributed by atoms with Crippen molar-refractivity contribution in [1.29, 1.82) is 5.26 Å². The van der Waals surface area contributed by atoms with Crippen LogP contribution in [0, 0.1) is 18.3 Å². The molecule has 1 aromatic heterocycles. The summed E-state index contributed by atoms with van der Waals surface area (Å²) in [5.74, 6) is -0.669. The Hall–Kier alpha value is -2.65. The van der Waals surface area contributed by atoms with Crippen molar-refractivity contribution in [1.82, 2.24) is 4.98 Å². The van der Waals surface area contributed by atoms with Crippen molar-refractivity contribution < 1.29 is 9.59 Å². The third-order valence-corrected chi connectivity index (χ3v) is 4.54. The first-order chi connectivity index (χ1) is 10.9. The molecule has 0 saturated carbocycles. The second-order valence-electron chi connectivity index (χ2n) is 4.95. The second-order valence-corrected chi connectivity index (χ2v) is 6.05. The zero-order valence-corrected chi connectivity index (χ0v) is 13.6. The highest BCUT2D eigenvalue weighted by atomic mass is 32.2. The zero-order chi connectivity index (χ0) is 17.0. The summed E-state index contributed by atoms with van der Waals surface area (Å²) in [6.07, 6.45) is 0. The molecule has 0 aliphatic carbocycles.